The van der Waals surface area contributed by atoms with E-state index in [-0.39, 0.29) is 12.8 Å². The van der Waals surface area contributed by atoms with Crippen LogP contribution in [0.1, 0.15) is 36.0 Å². The lowest BCUT2D eigenvalue weighted by Gasteiger charge is -2.27. The van der Waals surface area contributed by atoms with Gasteiger partial charge in [-0.1, -0.05) is 0 Å². The van der Waals surface area contributed by atoms with Crippen molar-refractivity contribution in [3.8, 4) is 0 Å². The van der Waals surface area contributed by atoms with Crippen LogP contribution in [0.4, 0.5) is 22.0 Å². The third-order valence-electron chi connectivity index (χ3n) is 4.66. The molecule has 0 amide bonds. The molecule has 0 aromatic heterocycles. The maximum absolute atomic E-state index is 13.7. The molecule has 2 unspecified atom stereocenters. The predicted molar refractivity (Wildman–Crippen MR) is 69.0 cm³/mol. The maximum Gasteiger partial charge on any atom is 0.200 e. The number of halogens is 5. The molecule has 2 bridgehead atoms. The Bertz CT molecular complexity index is 756. The molecule has 0 saturated carbocycles. The van der Waals surface area contributed by atoms with Gasteiger partial charge in [0.2, 0.25) is 5.82 Å². The smallest absolute Gasteiger partial charge is 0.200 e. The lowest BCUT2D eigenvalue weighted by Crippen LogP contribution is -2.36. The number of benzene rings is 1. The van der Waals surface area contributed by atoms with E-state index in [0.717, 1.165) is 0 Å². The van der Waals surface area contributed by atoms with Crippen molar-refractivity contribution in [3.63, 3.8) is 0 Å². The molecule has 0 aliphatic carbocycles. The molecule has 2 aliphatic rings. The van der Waals surface area contributed by atoms with Gasteiger partial charge in [-0.3, -0.25) is 4.79 Å². The summed E-state index contributed by atoms with van der Waals surface area (Å²) in [5, 5.41) is -1.59. The van der Waals surface area contributed by atoms with E-state index in [9.17, 15) is 35.2 Å². The maximum atomic E-state index is 13.7. The fourth-order valence-corrected chi connectivity index (χ4v) is 5.92. The number of ketones is 1. The molecule has 3 rings (SSSR count). The molecule has 23 heavy (non-hydrogen) atoms. The Labute approximate surface area is 128 Å². The SMILES string of the molecule is O=C(c1c(F)c(F)c(F)c(F)c1F)C1CC2CCC(C1)S2(=O)=O. The highest BCUT2D eigenvalue weighted by Crippen LogP contribution is 2.42. The lowest BCUT2D eigenvalue weighted by atomic mass is 9.89. The number of rotatable bonds is 2. The molecule has 2 fully saturated rings. The summed E-state index contributed by atoms with van der Waals surface area (Å²) in [6.45, 7) is 0. The number of hydrogen-bond acceptors (Lipinski definition) is 3. The second-order valence-corrected chi connectivity index (χ2v) is 8.40. The molecule has 2 heterocycles. The highest BCUT2D eigenvalue weighted by atomic mass is 32.2. The van der Waals surface area contributed by atoms with Crippen molar-refractivity contribution in [2.75, 3.05) is 0 Å². The first kappa shape index (κ1) is 16.4. The zero-order chi connectivity index (χ0) is 17.1. The van der Waals surface area contributed by atoms with E-state index in [1.165, 1.54) is 0 Å². The van der Waals surface area contributed by atoms with Crippen LogP contribution in [0.15, 0.2) is 0 Å². The number of fused-ring (bicyclic) bond motifs is 2. The van der Waals surface area contributed by atoms with Crippen molar-refractivity contribution in [1.82, 2.24) is 0 Å². The van der Waals surface area contributed by atoms with Gasteiger partial charge in [-0.25, -0.2) is 30.4 Å². The van der Waals surface area contributed by atoms with Crippen molar-refractivity contribution in [1.29, 1.82) is 0 Å². The third kappa shape index (κ3) is 2.28. The quantitative estimate of drug-likeness (QED) is 0.355. The first-order valence-electron chi connectivity index (χ1n) is 6.94. The second kappa shape index (κ2) is 5.25. The Kier molecular flexibility index (Phi) is 3.74. The Morgan fingerprint density at radius 2 is 1.17 bits per heavy atom. The van der Waals surface area contributed by atoms with Gasteiger partial charge in [-0.05, 0) is 25.7 Å². The Hall–Kier alpha value is -1.51. The van der Waals surface area contributed by atoms with E-state index in [0.29, 0.717) is 12.8 Å². The van der Waals surface area contributed by atoms with Gasteiger partial charge >= 0.3 is 0 Å². The molecule has 0 radical (unpaired) electrons. The standard InChI is InChI=1S/C14H11F5O3S/c15-9-8(10(16)12(18)13(19)11(9)17)14(20)5-3-6-1-2-7(4-5)23(6,21)22/h5-7H,1-4H2. The lowest BCUT2D eigenvalue weighted by molar-refractivity contribution is 0.0893. The number of Topliss-reactive ketones (excluding diaryl/α,β-unsaturated/α-hetero) is 1. The highest BCUT2D eigenvalue weighted by molar-refractivity contribution is 7.93. The van der Waals surface area contributed by atoms with Gasteiger partial charge in [0.25, 0.3) is 0 Å². The predicted octanol–water partition coefficient (Wildman–Crippen LogP) is 2.92. The molecule has 2 saturated heterocycles. The third-order valence-corrected chi connectivity index (χ3v) is 7.38. The molecule has 2 aliphatic heterocycles. The normalized spacial score (nSPS) is 28.8. The number of sulfone groups is 1. The molecule has 0 N–H and O–H groups in total. The van der Waals surface area contributed by atoms with Crippen molar-refractivity contribution in [2.45, 2.75) is 36.2 Å². The van der Waals surface area contributed by atoms with E-state index >= 15 is 0 Å². The van der Waals surface area contributed by atoms with E-state index in [4.69, 9.17) is 0 Å². The van der Waals surface area contributed by atoms with Gasteiger partial charge in [0.05, 0.1) is 16.1 Å². The van der Waals surface area contributed by atoms with E-state index in [2.05, 4.69) is 0 Å². The highest BCUT2D eigenvalue weighted by Gasteiger charge is 2.49. The molecule has 126 valence electrons. The molecule has 9 heteroatoms. The topological polar surface area (TPSA) is 51.2 Å². The van der Waals surface area contributed by atoms with Crippen LogP contribution in [-0.4, -0.2) is 24.7 Å². The zero-order valence-electron chi connectivity index (χ0n) is 11.6. The van der Waals surface area contributed by atoms with E-state index in [1.54, 1.807) is 0 Å². The Morgan fingerprint density at radius 3 is 1.61 bits per heavy atom. The van der Waals surface area contributed by atoms with Gasteiger partial charge in [-0.2, -0.15) is 0 Å². The van der Waals surface area contributed by atoms with Gasteiger partial charge in [0, 0.05) is 5.92 Å². The summed E-state index contributed by atoms with van der Waals surface area (Å²) in [6.07, 6.45) is 0.371. The Morgan fingerprint density at radius 1 is 0.783 bits per heavy atom. The van der Waals surface area contributed by atoms with Gasteiger partial charge in [-0.15, -0.1) is 0 Å². The summed E-state index contributed by atoms with van der Waals surface area (Å²) in [4.78, 5) is 12.3. The number of carbonyl (C=O) groups is 1. The van der Waals surface area contributed by atoms with Crippen molar-refractivity contribution in [2.24, 2.45) is 5.92 Å². The minimum atomic E-state index is -3.37. The van der Waals surface area contributed by atoms with Crippen molar-refractivity contribution < 1.29 is 35.2 Å². The van der Waals surface area contributed by atoms with Crippen LogP contribution in [-0.2, 0) is 9.84 Å². The van der Waals surface area contributed by atoms with Crippen molar-refractivity contribution in [3.05, 3.63) is 34.6 Å². The zero-order valence-corrected chi connectivity index (χ0v) is 12.4. The van der Waals surface area contributed by atoms with Crippen LogP contribution in [0.2, 0.25) is 0 Å². The summed E-state index contributed by atoms with van der Waals surface area (Å²) in [5.41, 5.74) is -1.48. The van der Waals surface area contributed by atoms with Crippen LogP contribution in [0.5, 0.6) is 0 Å². The Balaban J connectivity index is 2.00. The first-order chi connectivity index (χ1) is 10.7. The van der Waals surface area contributed by atoms with Crippen molar-refractivity contribution >= 4 is 15.6 Å². The van der Waals surface area contributed by atoms with Crippen LogP contribution >= 0.6 is 0 Å². The van der Waals surface area contributed by atoms with Crippen LogP contribution in [0.25, 0.3) is 0 Å². The second-order valence-electron chi connectivity index (χ2n) is 5.89. The summed E-state index contributed by atoms with van der Waals surface area (Å²) < 4.78 is 90.7. The fraction of sp³-hybridized carbons (Fsp3) is 0.500. The molecule has 3 nitrogen and oxygen atoms in total. The van der Waals surface area contributed by atoms with Crippen LogP contribution < -0.4 is 0 Å². The largest absolute Gasteiger partial charge is 0.294 e. The molecule has 0 spiro atoms. The summed E-state index contributed by atoms with van der Waals surface area (Å²) in [7, 11) is -3.37. The summed E-state index contributed by atoms with van der Waals surface area (Å²) in [5.74, 6) is -13.3. The van der Waals surface area contributed by atoms with Gasteiger partial charge in [0.1, 0.15) is 0 Å². The fourth-order valence-electron chi connectivity index (χ4n) is 3.45. The minimum Gasteiger partial charge on any atom is -0.294 e. The van der Waals surface area contributed by atoms with E-state index < -0.39 is 66.7 Å². The molecule has 1 aromatic rings. The van der Waals surface area contributed by atoms with Gasteiger partial charge in [0.15, 0.2) is 38.9 Å². The van der Waals surface area contributed by atoms with Crippen LogP contribution in [0, 0.1) is 35.0 Å². The van der Waals surface area contributed by atoms with E-state index in [1.807, 2.05) is 0 Å². The molecular weight excluding hydrogens is 343 g/mol. The minimum absolute atomic E-state index is 0.156. The summed E-state index contributed by atoms with van der Waals surface area (Å²) in [6, 6.07) is 0. The molecule has 1 aromatic carbocycles. The average Bonchev–Trinajstić information content (AvgIpc) is 2.70. The number of hydrogen-bond donors (Lipinski definition) is 0. The summed E-state index contributed by atoms with van der Waals surface area (Å²) >= 11 is 0. The monoisotopic (exact) mass is 354 g/mol. The van der Waals surface area contributed by atoms with Crippen LogP contribution in [0.3, 0.4) is 0 Å². The molecular formula is C14H11F5O3S. The number of carbonyl (C=O) groups excluding carboxylic acids is 1. The van der Waals surface area contributed by atoms with Gasteiger partial charge < -0.3 is 0 Å². The first-order valence-corrected chi connectivity index (χ1v) is 8.55. The molecule has 2 atom stereocenters. The average molecular weight is 354 g/mol.